The highest BCUT2D eigenvalue weighted by Gasteiger charge is 2.14. The quantitative estimate of drug-likeness (QED) is 0.500. The molecule has 9 heteroatoms. The molecule has 2 aromatic heterocycles. The molecule has 0 aliphatic carbocycles. The minimum absolute atomic E-state index is 0.187. The highest BCUT2D eigenvalue weighted by Crippen LogP contribution is 2.36. The van der Waals surface area contributed by atoms with E-state index in [0.29, 0.717) is 22.2 Å². The Bertz CT molecular complexity index is 917. The lowest BCUT2D eigenvalue weighted by Crippen LogP contribution is -2.15. The van der Waals surface area contributed by atoms with E-state index in [2.05, 4.69) is 15.3 Å². The number of halogens is 1. The van der Waals surface area contributed by atoms with Gasteiger partial charge in [0.25, 0.3) is 0 Å². The van der Waals surface area contributed by atoms with Crippen molar-refractivity contribution in [1.29, 1.82) is 0 Å². The van der Waals surface area contributed by atoms with Crippen LogP contribution in [0.3, 0.4) is 0 Å². The van der Waals surface area contributed by atoms with E-state index < -0.39 is 0 Å². The summed E-state index contributed by atoms with van der Waals surface area (Å²) in [6.45, 7) is 0. The number of ether oxygens (including phenoxy) is 2. The maximum Gasteiger partial charge on any atom is 0.234 e. The predicted molar refractivity (Wildman–Crippen MR) is 101 cm³/mol. The van der Waals surface area contributed by atoms with Crippen LogP contribution < -0.4 is 14.8 Å². The molecule has 0 aliphatic heterocycles. The van der Waals surface area contributed by atoms with E-state index in [1.54, 1.807) is 23.5 Å². The molecule has 0 radical (unpaired) electrons. The largest absolute Gasteiger partial charge is 0.495 e. The Kier molecular flexibility index (Phi) is 5.62. The standard InChI is InChI=1S/C16H14ClN3O3S2/c1-22-12-6-13(23-2)11(5-9(12)17)20-14(21)7-25-16-15-10(3-4-24-15)18-8-19-16/h3-6,8H,7H2,1-2H3,(H,20,21). The molecule has 0 aliphatic rings. The molecule has 2 heterocycles. The number of thioether (sulfide) groups is 1. The van der Waals surface area contributed by atoms with Crippen LogP contribution >= 0.6 is 34.7 Å². The van der Waals surface area contributed by atoms with Gasteiger partial charge in [0, 0.05) is 6.07 Å². The SMILES string of the molecule is COc1cc(OC)c(NC(=O)CSc2ncnc3ccsc23)cc1Cl. The number of rotatable bonds is 6. The van der Waals surface area contributed by atoms with Crippen molar-refractivity contribution in [1.82, 2.24) is 9.97 Å². The first-order valence-corrected chi connectivity index (χ1v) is 9.39. The molecular formula is C16H14ClN3O3S2. The molecule has 0 spiro atoms. The molecule has 1 aromatic carbocycles. The highest BCUT2D eigenvalue weighted by molar-refractivity contribution is 8.00. The first-order valence-electron chi connectivity index (χ1n) is 7.14. The van der Waals surface area contributed by atoms with E-state index in [1.165, 1.54) is 32.3 Å². The van der Waals surface area contributed by atoms with Gasteiger partial charge in [-0.25, -0.2) is 9.97 Å². The summed E-state index contributed by atoms with van der Waals surface area (Å²) in [5.41, 5.74) is 1.37. The zero-order chi connectivity index (χ0) is 17.8. The number of hydrogen-bond donors (Lipinski definition) is 1. The third kappa shape index (κ3) is 3.97. The Morgan fingerprint density at radius 3 is 2.84 bits per heavy atom. The zero-order valence-corrected chi connectivity index (χ0v) is 15.8. The fraction of sp³-hybridized carbons (Fsp3) is 0.188. The third-order valence-electron chi connectivity index (χ3n) is 3.30. The van der Waals surface area contributed by atoms with E-state index in [1.807, 2.05) is 11.4 Å². The summed E-state index contributed by atoms with van der Waals surface area (Å²) in [4.78, 5) is 20.7. The molecule has 0 saturated carbocycles. The molecule has 1 N–H and O–H groups in total. The van der Waals surface area contributed by atoms with Crippen LogP contribution in [0, 0.1) is 0 Å². The fourth-order valence-electron chi connectivity index (χ4n) is 2.15. The first kappa shape index (κ1) is 17.8. The average molecular weight is 396 g/mol. The van der Waals surface area contributed by atoms with Crippen molar-refractivity contribution < 1.29 is 14.3 Å². The molecule has 1 amide bonds. The summed E-state index contributed by atoms with van der Waals surface area (Å²) in [5, 5.41) is 5.93. The molecule has 0 bridgehead atoms. The zero-order valence-electron chi connectivity index (χ0n) is 13.4. The lowest BCUT2D eigenvalue weighted by Gasteiger charge is -2.13. The van der Waals surface area contributed by atoms with Crippen molar-refractivity contribution in [2.24, 2.45) is 0 Å². The van der Waals surface area contributed by atoms with E-state index in [9.17, 15) is 4.79 Å². The Morgan fingerprint density at radius 1 is 1.28 bits per heavy atom. The second-order valence-corrected chi connectivity index (χ2v) is 7.13. The maximum absolute atomic E-state index is 12.3. The van der Waals surface area contributed by atoms with Crippen LogP contribution in [-0.4, -0.2) is 35.8 Å². The number of benzene rings is 1. The average Bonchev–Trinajstić information content (AvgIpc) is 3.09. The number of aromatic nitrogens is 2. The number of nitrogens with zero attached hydrogens (tertiary/aromatic N) is 2. The minimum Gasteiger partial charge on any atom is -0.495 e. The Balaban J connectivity index is 1.71. The van der Waals surface area contributed by atoms with Crippen LogP contribution in [0.1, 0.15) is 0 Å². The number of carbonyl (C=O) groups is 1. The number of nitrogens with one attached hydrogen (secondary N) is 1. The van der Waals surface area contributed by atoms with Crippen LogP contribution in [0.2, 0.25) is 5.02 Å². The van der Waals surface area contributed by atoms with E-state index >= 15 is 0 Å². The number of anilines is 1. The van der Waals surface area contributed by atoms with Gasteiger partial charge in [0.15, 0.2) is 0 Å². The highest BCUT2D eigenvalue weighted by atomic mass is 35.5. The molecule has 0 unspecified atom stereocenters. The number of carbonyl (C=O) groups excluding carboxylic acids is 1. The molecule has 0 saturated heterocycles. The summed E-state index contributed by atoms with van der Waals surface area (Å²) in [6.07, 6.45) is 1.50. The number of hydrogen-bond acceptors (Lipinski definition) is 7. The van der Waals surface area contributed by atoms with Crippen LogP contribution in [0.5, 0.6) is 11.5 Å². The monoisotopic (exact) mass is 395 g/mol. The molecule has 0 atom stereocenters. The summed E-state index contributed by atoms with van der Waals surface area (Å²) < 4.78 is 11.4. The molecule has 130 valence electrons. The Labute approximate surface area is 157 Å². The molecule has 0 fully saturated rings. The number of methoxy groups -OCH3 is 2. The predicted octanol–water partition coefficient (Wildman–Crippen LogP) is 4.09. The topological polar surface area (TPSA) is 73.3 Å². The summed E-state index contributed by atoms with van der Waals surface area (Å²) in [6, 6.07) is 5.16. The lowest BCUT2D eigenvalue weighted by molar-refractivity contribution is -0.113. The molecule has 3 aromatic rings. The van der Waals surface area contributed by atoms with E-state index in [4.69, 9.17) is 21.1 Å². The molecule has 6 nitrogen and oxygen atoms in total. The van der Waals surface area contributed by atoms with Gasteiger partial charge >= 0.3 is 0 Å². The van der Waals surface area contributed by atoms with Gasteiger partial charge in [0.05, 0.1) is 40.9 Å². The van der Waals surface area contributed by atoms with Gasteiger partial charge < -0.3 is 14.8 Å². The van der Waals surface area contributed by atoms with Gasteiger partial charge in [-0.05, 0) is 17.5 Å². The van der Waals surface area contributed by atoms with Crippen LogP contribution in [-0.2, 0) is 4.79 Å². The summed E-state index contributed by atoms with van der Waals surface area (Å²) in [5.74, 6) is 0.971. The van der Waals surface area contributed by atoms with Crippen LogP contribution in [0.15, 0.2) is 34.9 Å². The smallest absolute Gasteiger partial charge is 0.234 e. The normalized spacial score (nSPS) is 10.7. The summed E-state index contributed by atoms with van der Waals surface area (Å²) >= 11 is 9.02. The molecule has 25 heavy (non-hydrogen) atoms. The van der Waals surface area contributed by atoms with Crippen molar-refractivity contribution in [2.45, 2.75) is 5.03 Å². The number of fused-ring (bicyclic) bond motifs is 1. The van der Waals surface area contributed by atoms with Gasteiger partial charge in [-0.3, -0.25) is 4.79 Å². The van der Waals surface area contributed by atoms with Crippen molar-refractivity contribution in [3.05, 3.63) is 34.9 Å². The van der Waals surface area contributed by atoms with Gasteiger partial charge in [0.1, 0.15) is 22.9 Å². The van der Waals surface area contributed by atoms with Gasteiger partial charge in [0.2, 0.25) is 5.91 Å². The van der Waals surface area contributed by atoms with E-state index in [0.717, 1.165) is 15.2 Å². The van der Waals surface area contributed by atoms with Crippen molar-refractivity contribution in [3.8, 4) is 11.5 Å². The Hall–Kier alpha value is -2.03. The van der Waals surface area contributed by atoms with Gasteiger partial charge in [-0.1, -0.05) is 23.4 Å². The lowest BCUT2D eigenvalue weighted by atomic mass is 10.2. The van der Waals surface area contributed by atoms with Gasteiger partial charge in [-0.15, -0.1) is 11.3 Å². The van der Waals surface area contributed by atoms with Crippen LogP contribution in [0.4, 0.5) is 5.69 Å². The second kappa shape index (κ2) is 7.90. The molecular weight excluding hydrogens is 382 g/mol. The second-order valence-electron chi connectivity index (χ2n) is 4.84. The fourth-order valence-corrected chi connectivity index (χ4v) is 4.13. The summed E-state index contributed by atoms with van der Waals surface area (Å²) in [7, 11) is 3.03. The van der Waals surface area contributed by atoms with E-state index in [-0.39, 0.29) is 11.7 Å². The third-order valence-corrected chi connectivity index (χ3v) is 5.62. The Morgan fingerprint density at radius 2 is 2.08 bits per heavy atom. The first-order chi connectivity index (χ1) is 12.1. The van der Waals surface area contributed by atoms with Crippen LogP contribution in [0.25, 0.3) is 10.2 Å². The maximum atomic E-state index is 12.3. The van der Waals surface area contributed by atoms with Crippen molar-refractivity contribution >= 4 is 56.5 Å². The van der Waals surface area contributed by atoms with Gasteiger partial charge in [-0.2, -0.15) is 0 Å². The minimum atomic E-state index is -0.187. The number of amides is 1. The van der Waals surface area contributed by atoms with Crippen molar-refractivity contribution in [3.63, 3.8) is 0 Å². The molecule has 3 rings (SSSR count). The van der Waals surface area contributed by atoms with Crippen molar-refractivity contribution in [2.75, 3.05) is 25.3 Å². The number of thiophene rings is 1.